The van der Waals surface area contributed by atoms with Crippen LogP contribution in [-0.2, 0) is 6.54 Å². The maximum atomic E-state index is 5.76. The van der Waals surface area contributed by atoms with Crippen LogP contribution in [0.2, 0.25) is 0 Å². The highest BCUT2D eigenvalue weighted by Gasteiger charge is 2.11. The van der Waals surface area contributed by atoms with Crippen LogP contribution < -0.4 is 10.6 Å². The van der Waals surface area contributed by atoms with Gasteiger partial charge < -0.3 is 10.6 Å². The third-order valence-electron chi connectivity index (χ3n) is 2.32. The van der Waals surface area contributed by atoms with Crippen LogP contribution in [0, 0.1) is 0 Å². The van der Waals surface area contributed by atoms with Crippen molar-refractivity contribution >= 4 is 5.82 Å². The SMILES string of the molecule is CC(C)c1ccnc(N(C)C)c1CN. The summed E-state index contributed by atoms with van der Waals surface area (Å²) < 4.78 is 0. The fourth-order valence-electron chi connectivity index (χ4n) is 1.63. The van der Waals surface area contributed by atoms with Gasteiger partial charge >= 0.3 is 0 Å². The summed E-state index contributed by atoms with van der Waals surface area (Å²) in [6, 6.07) is 2.06. The van der Waals surface area contributed by atoms with Crippen LogP contribution in [0.4, 0.5) is 5.82 Å². The Labute approximate surface area is 85.9 Å². The first-order valence-electron chi connectivity index (χ1n) is 4.93. The molecule has 0 amide bonds. The number of hydrogen-bond donors (Lipinski definition) is 1. The van der Waals surface area contributed by atoms with E-state index in [0.29, 0.717) is 12.5 Å². The highest BCUT2D eigenvalue weighted by atomic mass is 15.1. The molecular weight excluding hydrogens is 174 g/mol. The number of aromatic nitrogens is 1. The molecule has 1 heterocycles. The lowest BCUT2D eigenvalue weighted by Gasteiger charge is -2.19. The predicted octanol–water partition coefficient (Wildman–Crippen LogP) is 1.73. The molecule has 0 aromatic carbocycles. The van der Waals surface area contributed by atoms with Crippen molar-refractivity contribution in [1.82, 2.24) is 4.98 Å². The van der Waals surface area contributed by atoms with Gasteiger partial charge in [0.15, 0.2) is 0 Å². The zero-order valence-electron chi connectivity index (χ0n) is 9.41. The Hall–Kier alpha value is -1.09. The van der Waals surface area contributed by atoms with E-state index in [1.54, 1.807) is 0 Å². The molecule has 0 aliphatic rings. The molecule has 14 heavy (non-hydrogen) atoms. The third-order valence-corrected chi connectivity index (χ3v) is 2.32. The zero-order valence-corrected chi connectivity index (χ0v) is 9.41. The van der Waals surface area contributed by atoms with Gasteiger partial charge in [-0.25, -0.2) is 4.98 Å². The molecule has 0 radical (unpaired) electrons. The van der Waals surface area contributed by atoms with Gasteiger partial charge in [0.25, 0.3) is 0 Å². The molecule has 0 saturated carbocycles. The van der Waals surface area contributed by atoms with Gasteiger partial charge in [0.1, 0.15) is 5.82 Å². The summed E-state index contributed by atoms with van der Waals surface area (Å²) in [7, 11) is 3.98. The van der Waals surface area contributed by atoms with E-state index >= 15 is 0 Å². The van der Waals surface area contributed by atoms with Gasteiger partial charge in [0.2, 0.25) is 0 Å². The average molecular weight is 193 g/mol. The molecule has 0 aliphatic carbocycles. The minimum Gasteiger partial charge on any atom is -0.362 e. The Morgan fingerprint density at radius 1 is 1.43 bits per heavy atom. The molecule has 0 atom stereocenters. The number of pyridine rings is 1. The number of anilines is 1. The summed E-state index contributed by atoms with van der Waals surface area (Å²) in [5, 5.41) is 0. The number of hydrogen-bond acceptors (Lipinski definition) is 3. The van der Waals surface area contributed by atoms with Gasteiger partial charge in [-0.15, -0.1) is 0 Å². The summed E-state index contributed by atoms with van der Waals surface area (Å²) in [6.07, 6.45) is 1.85. The Kier molecular flexibility index (Phi) is 3.47. The third kappa shape index (κ3) is 2.04. The molecule has 1 aromatic heterocycles. The number of nitrogens with zero attached hydrogens (tertiary/aromatic N) is 2. The fourth-order valence-corrected chi connectivity index (χ4v) is 1.63. The summed E-state index contributed by atoms with van der Waals surface area (Å²) >= 11 is 0. The molecule has 1 aromatic rings. The normalized spacial score (nSPS) is 10.7. The molecule has 0 aliphatic heterocycles. The van der Waals surface area contributed by atoms with Crippen LogP contribution in [0.1, 0.15) is 30.9 Å². The monoisotopic (exact) mass is 193 g/mol. The topological polar surface area (TPSA) is 42.2 Å². The van der Waals surface area contributed by atoms with E-state index in [4.69, 9.17) is 5.73 Å². The van der Waals surface area contributed by atoms with E-state index < -0.39 is 0 Å². The van der Waals surface area contributed by atoms with E-state index in [-0.39, 0.29) is 0 Å². The minimum absolute atomic E-state index is 0.496. The van der Waals surface area contributed by atoms with Gasteiger partial charge in [-0.3, -0.25) is 0 Å². The Morgan fingerprint density at radius 3 is 2.50 bits per heavy atom. The molecule has 0 unspecified atom stereocenters. The van der Waals surface area contributed by atoms with Crippen molar-refractivity contribution in [2.24, 2.45) is 5.73 Å². The lowest BCUT2D eigenvalue weighted by atomic mass is 9.98. The molecule has 0 bridgehead atoms. The Bertz CT molecular complexity index is 279. The highest BCUT2D eigenvalue weighted by molar-refractivity contribution is 5.50. The fraction of sp³-hybridized carbons (Fsp3) is 0.545. The van der Waals surface area contributed by atoms with Gasteiger partial charge in [-0.1, -0.05) is 13.8 Å². The van der Waals surface area contributed by atoms with Crippen LogP contribution >= 0.6 is 0 Å². The number of nitrogens with two attached hydrogens (primary N) is 1. The molecule has 0 spiro atoms. The molecule has 3 nitrogen and oxygen atoms in total. The maximum absolute atomic E-state index is 5.76. The second kappa shape index (κ2) is 4.42. The smallest absolute Gasteiger partial charge is 0.132 e. The van der Waals surface area contributed by atoms with E-state index in [1.807, 2.05) is 25.2 Å². The molecule has 2 N–H and O–H groups in total. The van der Waals surface area contributed by atoms with E-state index in [2.05, 4.69) is 24.9 Å². The lowest BCUT2D eigenvalue weighted by molar-refractivity contribution is 0.828. The lowest BCUT2D eigenvalue weighted by Crippen LogP contribution is -2.16. The van der Waals surface area contributed by atoms with Crippen molar-refractivity contribution in [3.05, 3.63) is 23.4 Å². The summed E-state index contributed by atoms with van der Waals surface area (Å²) in [4.78, 5) is 6.35. The first-order chi connectivity index (χ1) is 6.57. The van der Waals surface area contributed by atoms with Crippen LogP contribution in [0.3, 0.4) is 0 Å². The standard InChI is InChI=1S/C11H19N3/c1-8(2)9-5-6-13-11(14(3)4)10(9)7-12/h5-6,8H,7,12H2,1-4H3. The summed E-state index contributed by atoms with van der Waals surface area (Å²) in [5.41, 5.74) is 8.22. The minimum atomic E-state index is 0.496. The van der Waals surface area contributed by atoms with Crippen molar-refractivity contribution in [1.29, 1.82) is 0 Å². The first-order valence-corrected chi connectivity index (χ1v) is 4.93. The first kappa shape index (κ1) is 11.0. The van der Waals surface area contributed by atoms with Crippen LogP contribution in [-0.4, -0.2) is 19.1 Å². The van der Waals surface area contributed by atoms with E-state index in [1.165, 1.54) is 5.56 Å². The maximum Gasteiger partial charge on any atom is 0.132 e. The molecule has 0 saturated heterocycles. The highest BCUT2D eigenvalue weighted by Crippen LogP contribution is 2.24. The van der Waals surface area contributed by atoms with Gasteiger partial charge in [-0.2, -0.15) is 0 Å². The van der Waals surface area contributed by atoms with E-state index in [9.17, 15) is 0 Å². The molecule has 1 rings (SSSR count). The van der Waals surface area contributed by atoms with Crippen molar-refractivity contribution in [2.45, 2.75) is 26.3 Å². The second-order valence-corrected chi connectivity index (χ2v) is 3.96. The van der Waals surface area contributed by atoms with Crippen LogP contribution in [0.15, 0.2) is 12.3 Å². The van der Waals surface area contributed by atoms with Crippen molar-refractivity contribution in [3.8, 4) is 0 Å². The van der Waals surface area contributed by atoms with Crippen LogP contribution in [0.25, 0.3) is 0 Å². The van der Waals surface area contributed by atoms with Gasteiger partial charge in [0, 0.05) is 32.4 Å². The molecular formula is C11H19N3. The summed E-state index contributed by atoms with van der Waals surface area (Å²) in [6.45, 7) is 4.90. The molecule has 3 heteroatoms. The summed E-state index contributed by atoms with van der Waals surface area (Å²) in [5.74, 6) is 1.48. The zero-order chi connectivity index (χ0) is 10.7. The van der Waals surface area contributed by atoms with Gasteiger partial charge in [0.05, 0.1) is 0 Å². The van der Waals surface area contributed by atoms with Crippen molar-refractivity contribution < 1.29 is 0 Å². The average Bonchev–Trinajstić information content (AvgIpc) is 2.16. The largest absolute Gasteiger partial charge is 0.362 e. The molecule has 78 valence electrons. The predicted molar refractivity (Wildman–Crippen MR) is 60.5 cm³/mol. The van der Waals surface area contributed by atoms with Crippen molar-refractivity contribution in [2.75, 3.05) is 19.0 Å². The number of rotatable bonds is 3. The quantitative estimate of drug-likeness (QED) is 0.795. The van der Waals surface area contributed by atoms with Crippen molar-refractivity contribution in [3.63, 3.8) is 0 Å². The van der Waals surface area contributed by atoms with Crippen LogP contribution in [0.5, 0.6) is 0 Å². The van der Waals surface area contributed by atoms with Gasteiger partial charge in [-0.05, 0) is 17.5 Å². The van der Waals surface area contributed by atoms with E-state index in [0.717, 1.165) is 11.4 Å². The Morgan fingerprint density at radius 2 is 2.07 bits per heavy atom. The molecule has 0 fully saturated rings. The second-order valence-electron chi connectivity index (χ2n) is 3.96. The Balaban J connectivity index is 3.25.